The number of phenolic OH excluding ortho intramolecular Hbond substituents is 1. The molecule has 4 N–H and O–H groups in total. The second kappa shape index (κ2) is 5.18. The van der Waals surface area contributed by atoms with E-state index >= 15 is 0 Å². The summed E-state index contributed by atoms with van der Waals surface area (Å²) in [6.45, 7) is 0.396. The predicted molar refractivity (Wildman–Crippen MR) is 67.9 cm³/mol. The summed E-state index contributed by atoms with van der Waals surface area (Å²) in [4.78, 5) is 15.8. The summed E-state index contributed by atoms with van der Waals surface area (Å²) in [5.74, 6) is -0.274. The Morgan fingerprint density at radius 2 is 2.22 bits per heavy atom. The van der Waals surface area contributed by atoms with Gasteiger partial charge in [-0.3, -0.25) is 9.78 Å². The first kappa shape index (κ1) is 11.9. The molecule has 1 heterocycles. The van der Waals surface area contributed by atoms with Gasteiger partial charge in [0.15, 0.2) is 0 Å². The Balaban J connectivity index is 2.02. The number of nitrogens with zero attached hydrogens (tertiary/aromatic N) is 1. The summed E-state index contributed by atoms with van der Waals surface area (Å²) < 4.78 is 0. The van der Waals surface area contributed by atoms with Crippen LogP contribution in [-0.4, -0.2) is 16.0 Å². The lowest BCUT2D eigenvalue weighted by Gasteiger charge is -2.06. The summed E-state index contributed by atoms with van der Waals surface area (Å²) in [6.07, 6.45) is 3.36. The molecule has 1 aromatic heterocycles. The number of nitrogen functional groups attached to an aromatic ring is 1. The van der Waals surface area contributed by atoms with E-state index in [2.05, 4.69) is 10.3 Å². The molecule has 0 saturated carbocycles. The highest BCUT2D eigenvalue weighted by atomic mass is 16.3. The van der Waals surface area contributed by atoms with Crippen molar-refractivity contribution in [1.82, 2.24) is 10.3 Å². The van der Waals surface area contributed by atoms with Gasteiger partial charge in [-0.05, 0) is 29.8 Å². The van der Waals surface area contributed by atoms with Crippen LogP contribution in [0.25, 0.3) is 0 Å². The van der Waals surface area contributed by atoms with Crippen molar-refractivity contribution in [3.63, 3.8) is 0 Å². The van der Waals surface area contributed by atoms with Crippen LogP contribution in [0.4, 0.5) is 5.69 Å². The monoisotopic (exact) mass is 243 g/mol. The Labute approximate surface area is 104 Å². The quantitative estimate of drug-likeness (QED) is 0.560. The number of nitrogens with two attached hydrogens (primary N) is 1. The number of rotatable bonds is 3. The number of phenols is 1. The van der Waals surface area contributed by atoms with Crippen molar-refractivity contribution in [2.24, 2.45) is 0 Å². The standard InChI is InChI=1S/C13H13N3O2/c14-11-6-10(3-4-12(11)17)13(18)16-8-9-2-1-5-15-7-9/h1-7,17H,8,14H2,(H,16,18). The number of hydrogen-bond acceptors (Lipinski definition) is 4. The average molecular weight is 243 g/mol. The third kappa shape index (κ3) is 2.76. The zero-order chi connectivity index (χ0) is 13.0. The van der Waals surface area contributed by atoms with E-state index in [1.165, 1.54) is 18.2 Å². The molecule has 0 unspecified atom stereocenters. The van der Waals surface area contributed by atoms with Gasteiger partial charge in [-0.25, -0.2) is 0 Å². The van der Waals surface area contributed by atoms with Gasteiger partial charge in [-0.1, -0.05) is 6.07 Å². The molecule has 18 heavy (non-hydrogen) atoms. The van der Waals surface area contributed by atoms with Crippen LogP contribution in [0.5, 0.6) is 5.75 Å². The maximum Gasteiger partial charge on any atom is 0.251 e. The van der Waals surface area contributed by atoms with E-state index in [9.17, 15) is 9.90 Å². The minimum Gasteiger partial charge on any atom is -0.506 e. The summed E-state index contributed by atoms with van der Waals surface area (Å²) in [5, 5.41) is 12.0. The van der Waals surface area contributed by atoms with E-state index in [1.54, 1.807) is 18.5 Å². The Morgan fingerprint density at radius 3 is 2.89 bits per heavy atom. The molecule has 1 amide bonds. The lowest BCUT2D eigenvalue weighted by molar-refractivity contribution is 0.0951. The van der Waals surface area contributed by atoms with Gasteiger partial charge in [0.2, 0.25) is 0 Å². The lowest BCUT2D eigenvalue weighted by Crippen LogP contribution is -2.22. The molecule has 5 nitrogen and oxygen atoms in total. The van der Waals surface area contributed by atoms with Crippen molar-refractivity contribution in [2.45, 2.75) is 6.54 Å². The molecule has 92 valence electrons. The molecule has 0 aliphatic rings. The second-order valence-electron chi connectivity index (χ2n) is 3.82. The van der Waals surface area contributed by atoms with Crippen LogP contribution in [0.3, 0.4) is 0 Å². The second-order valence-corrected chi connectivity index (χ2v) is 3.82. The van der Waals surface area contributed by atoms with Crippen molar-refractivity contribution in [1.29, 1.82) is 0 Å². The van der Waals surface area contributed by atoms with Gasteiger partial charge < -0.3 is 16.2 Å². The van der Waals surface area contributed by atoms with Crippen molar-refractivity contribution >= 4 is 11.6 Å². The Hall–Kier alpha value is -2.56. The average Bonchev–Trinajstić information content (AvgIpc) is 2.40. The third-order valence-electron chi connectivity index (χ3n) is 2.47. The highest BCUT2D eigenvalue weighted by molar-refractivity contribution is 5.95. The van der Waals surface area contributed by atoms with Crippen LogP contribution < -0.4 is 11.1 Å². The van der Waals surface area contributed by atoms with Gasteiger partial charge >= 0.3 is 0 Å². The fourth-order valence-electron chi connectivity index (χ4n) is 1.48. The van der Waals surface area contributed by atoms with Crippen molar-refractivity contribution < 1.29 is 9.90 Å². The van der Waals surface area contributed by atoms with Crippen LogP contribution in [0.1, 0.15) is 15.9 Å². The molecule has 0 fully saturated rings. The van der Waals surface area contributed by atoms with Gasteiger partial charge in [0.25, 0.3) is 5.91 Å². The van der Waals surface area contributed by atoms with Crippen molar-refractivity contribution in [3.8, 4) is 5.75 Å². The van der Waals surface area contributed by atoms with Crippen LogP contribution in [0.15, 0.2) is 42.7 Å². The van der Waals surface area contributed by atoms with Gasteiger partial charge in [0.1, 0.15) is 5.75 Å². The molecule has 0 bridgehead atoms. The summed E-state index contributed by atoms with van der Waals surface area (Å²) >= 11 is 0. The predicted octanol–water partition coefficient (Wildman–Crippen LogP) is 1.30. The van der Waals surface area contributed by atoms with Crippen molar-refractivity contribution in [2.75, 3.05) is 5.73 Å². The van der Waals surface area contributed by atoms with E-state index in [0.29, 0.717) is 12.1 Å². The first-order chi connectivity index (χ1) is 8.66. The SMILES string of the molecule is Nc1cc(C(=O)NCc2cccnc2)ccc1O. The molecule has 2 rings (SSSR count). The van der Waals surface area contributed by atoms with Crippen LogP contribution in [0.2, 0.25) is 0 Å². The first-order valence-corrected chi connectivity index (χ1v) is 5.42. The Bertz CT molecular complexity index is 555. The highest BCUT2D eigenvalue weighted by Gasteiger charge is 2.07. The van der Waals surface area contributed by atoms with E-state index < -0.39 is 0 Å². The number of hydrogen-bond donors (Lipinski definition) is 3. The minimum absolute atomic E-state index is 0.0289. The highest BCUT2D eigenvalue weighted by Crippen LogP contribution is 2.20. The number of amides is 1. The zero-order valence-electron chi connectivity index (χ0n) is 9.63. The molecule has 0 atom stereocenters. The molecule has 1 aromatic carbocycles. The topological polar surface area (TPSA) is 88.2 Å². The number of carbonyl (C=O) groups excluding carboxylic acids is 1. The van der Waals surface area contributed by atoms with Crippen LogP contribution in [0, 0.1) is 0 Å². The van der Waals surface area contributed by atoms with Gasteiger partial charge in [0.05, 0.1) is 5.69 Å². The number of aromatic nitrogens is 1. The molecule has 0 aliphatic heterocycles. The smallest absolute Gasteiger partial charge is 0.251 e. The molecule has 0 aliphatic carbocycles. The number of nitrogens with one attached hydrogen (secondary N) is 1. The molecular weight excluding hydrogens is 230 g/mol. The summed E-state index contributed by atoms with van der Waals surface area (Å²) in [6, 6.07) is 8.03. The molecule has 0 spiro atoms. The fourth-order valence-corrected chi connectivity index (χ4v) is 1.48. The lowest BCUT2D eigenvalue weighted by atomic mass is 10.1. The minimum atomic E-state index is -0.245. The van der Waals surface area contributed by atoms with Gasteiger partial charge in [-0.15, -0.1) is 0 Å². The summed E-state index contributed by atoms with van der Waals surface area (Å²) in [5.41, 5.74) is 7.04. The molecular formula is C13H13N3O2. The fraction of sp³-hybridized carbons (Fsp3) is 0.0769. The first-order valence-electron chi connectivity index (χ1n) is 5.42. The molecule has 5 heteroatoms. The zero-order valence-corrected chi connectivity index (χ0v) is 9.63. The largest absolute Gasteiger partial charge is 0.506 e. The van der Waals surface area contributed by atoms with E-state index in [4.69, 9.17) is 5.73 Å². The molecule has 0 saturated heterocycles. The van der Waals surface area contributed by atoms with Gasteiger partial charge in [0, 0.05) is 24.5 Å². The number of carbonyl (C=O) groups is 1. The number of benzene rings is 1. The Kier molecular flexibility index (Phi) is 3.43. The van der Waals surface area contributed by atoms with Crippen LogP contribution in [-0.2, 0) is 6.54 Å². The normalized spacial score (nSPS) is 10.0. The molecule has 0 radical (unpaired) electrons. The maximum atomic E-state index is 11.8. The number of aromatic hydroxyl groups is 1. The van der Waals surface area contributed by atoms with Crippen molar-refractivity contribution in [3.05, 3.63) is 53.9 Å². The maximum absolute atomic E-state index is 11.8. The van der Waals surface area contributed by atoms with Gasteiger partial charge in [-0.2, -0.15) is 0 Å². The number of pyridine rings is 1. The molecule has 2 aromatic rings. The Morgan fingerprint density at radius 1 is 1.39 bits per heavy atom. The van der Waals surface area contributed by atoms with E-state index in [-0.39, 0.29) is 17.3 Å². The van der Waals surface area contributed by atoms with E-state index in [1.807, 2.05) is 6.07 Å². The number of anilines is 1. The van der Waals surface area contributed by atoms with E-state index in [0.717, 1.165) is 5.56 Å². The van der Waals surface area contributed by atoms with Crippen LogP contribution >= 0.6 is 0 Å². The third-order valence-corrected chi connectivity index (χ3v) is 2.47. The summed E-state index contributed by atoms with van der Waals surface area (Å²) in [7, 11) is 0.